The number of carbonyl (C=O) groups excluding carboxylic acids is 1. The van der Waals surface area contributed by atoms with E-state index in [1.807, 2.05) is 0 Å². The lowest BCUT2D eigenvalue weighted by molar-refractivity contribution is 0.0697. The number of rotatable bonds is 2. The van der Waals surface area contributed by atoms with Gasteiger partial charge in [-0.25, -0.2) is 9.59 Å². The van der Waals surface area contributed by atoms with Crippen LogP contribution in [0, 0.1) is 6.92 Å². The number of anilines is 1. The van der Waals surface area contributed by atoms with Crippen molar-refractivity contribution in [3.05, 3.63) is 29.3 Å². The molecule has 0 fully saturated rings. The van der Waals surface area contributed by atoms with Gasteiger partial charge in [0.15, 0.2) is 0 Å². The lowest BCUT2D eigenvalue weighted by Crippen LogP contribution is -2.12. The van der Waals surface area contributed by atoms with E-state index in [2.05, 4.69) is 10.1 Å². The monoisotopic (exact) mass is 209 g/mol. The average molecular weight is 209 g/mol. The van der Waals surface area contributed by atoms with Gasteiger partial charge in [0, 0.05) is 5.69 Å². The molecule has 80 valence electrons. The zero-order chi connectivity index (χ0) is 11.4. The second kappa shape index (κ2) is 4.45. The first-order valence-corrected chi connectivity index (χ1v) is 4.23. The summed E-state index contributed by atoms with van der Waals surface area (Å²) in [5.74, 6) is -1.04. The molecule has 0 atom stereocenters. The van der Waals surface area contributed by atoms with Gasteiger partial charge >= 0.3 is 12.1 Å². The van der Waals surface area contributed by atoms with Gasteiger partial charge in [-0.3, -0.25) is 5.32 Å². The second-order valence-corrected chi connectivity index (χ2v) is 2.95. The molecule has 1 rings (SSSR count). The van der Waals surface area contributed by atoms with Crippen molar-refractivity contribution in [2.24, 2.45) is 0 Å². The van der Waals surface area contributed by atoms with Gasteiger partial charge in [0.2, 0.25) is 0 Å². The molecule has 15 heavy (non-hydrogen) atoms. The van der Waals surface area contributed by atoms with Crippen LogP contribution in [-0.4, -0.2) is 24.3 Å². The number of carbonyl (C=O) groups is 2. The molecule has 2 N–H and O–H groups in total. The number of aromatic carboxylic acids is 1. The Morgan fingerprint density at radius 1 is 1.40 bits per heavy atom. The molecule has 5 nitrogen and oxygen atoms in total. The number of nitrogens with one attached hydrogen (secondary N) is 1. The summed E-state index contributed by atoms with van der Waals surface area (Å²) in [6.07, 6.45) is -0.624. The van der Waals surface area contributed by atoms with E-state index in [1.165, 1.54) is 19.2 Å². The zero-order valence-corrected chi connectivity index (χ0v) is 8.40. The predicted octanol–water partition coefficient (Wildman–Crippen LogP) is 1.87. The van der Waals surface area contributed by atoms with Gasteiger partial charge in [-0.05, 0) is 24.6 Å². The van der Waals surface area contributed by atoms with Gasteiger partial charge in [0.05, 0.1) is 12.7 Å². The summed E-state index contributed by atoms with van der Waals surface area (Å²) >= 11 is 0. The van der Waals surface area contributed by atoms with Gasteiger partial charge in [-0.2, -0.15) is 0 Å². The fourth-order valence-electron chi connectivity index (χ4n) is 1.05. The standard InChI is InChI=1S/C10H11NO4/c1-6-3-4-7(9(12)13)5-8(6)11-10(14)15-2/h3-5H,1-2H3,(H,11,14)(H,12,13). The summed E-state index contributed by atoms with van der Waals surface area (Å²) in [5, 5.41) is 11.2. The molecule has 0 aromatic heterocycles. The van der Waals surface area contributed by atoms with Crippen molar-refractivity contribution >= 4 is 17.7 Å². The molecule has 1 aromatic carbocycles. The van der Waals surface area contributed by atoms with E-state index < -0.39 is 12.1 Å². The number of methoxy groups -OCH3 is 1. The van der Waals surface area contributed by atoms with Crippen molar-refractivity contribution in [2.75, 3.05) is 12.4 Å². The van der Waals surface area contributed by atoms with Crippen LogP contribution in [0.5, 0.6) is 0 Å². The third-order valence-corrected chi connectivity index (χ3v) is 1.91. The number of hydrogen-bond acceptors (Lipinski definition) is 3. The lowest BCUT2D eigenvalue weighted by Gasteiger charge is -2.07. The number of ether oxygens (including phenoxy) is 1. The molecule has 0 radical (unpaired) electrons. The first-order chi connectivity index (χ1) is 7.04. The molecule has 1 amide bonds. The van der Waals surface area contributed by atoms with E-state index in [0.717, 1.165) is 5.56 Å². The summed E-state index contributed by atoms with van der Waals surface area (Å²) in [4.78, 5) is 21.6. The first-order valence-electron chi connectivity index (χ1n) is 4.23. The molecule has 0 unspecified atom stereocenters. The molecular weight excluding hydrogens is 198 g/mol. The largest absolute Gasteiger partial charge is 0.478 e. The smallest absolute Gasteiger partial charge is 0.411 e. The highest BCUT2D eigenvalue weighted by molar-refractivity contribution is 5.92. The number of aryl methyl sites for hydroxylation is 1. The number of carboxylic acids is 1. The Hall–Kier alpha value is -2.04. The molecule has 0 saturated carbocycles. The lowest BCUT2D eigenvalue weighted by atomic mass is 10.1. The van der Waals surface area contributed by atoms with Crippen molar-refractivity contribution in [3.8, 4) is 0 Å². The Morgan fingerprint density at radius 3 is 2.60 bits per heavy atom. The van der Waals surface area contributed by atoms with E-state index in [4.69, 9.17) is 5.11 Å². The SMILES string of the molecule is COC(=O)Nc1cc(C(=O)O)ccc1C. The molecule has 0 spiro atoms. The van der Waals surface area contributed by atoms with Crippen LogP contribution in [0.3, 0.4) is 0 Å². The highest BCUT2D eigenvalue weighted by Crippen LogP contribution is 2.17. The molecule has 0 aliphatic heterocycles. The van der Waals surface area contributed by atoms with Crippen LogP contribution in [0.2, 0.25) is 0 Å². The maximum atomic E-state index is 10.9. The highest BCUT2D eigenvalue weighted by Gasteiger charge is 2.08. The van der Waals surface area contributed by atoms with Crippen molar-refractivity contribution in [1.29, 1.82) is 0 Å². The predicted molar refractivity (Wildman–Crippen MR) is 54.2 cm³/mol. The Kier molecular flexibility index (Phi) is 3.28. The molecule has 0 aliphatic carbocycles. The molecular formula is C10H11NO4. The topological polar surface area (TPSA) is 75.6 Å². The maximum absolute atomic E-state index is 10.9. The van der Waals surface area contributed by atoms with Crippen LogP contribution in [0.15, 0.2) is 18.2 Å². The minimum absolute atomic E-state index is 0.118. The van der Waals surface area contributed by atoms with Crippen molar-refractivity contribution in [2.45, 2.75) is 6.92 Å². The highest BCUT2D eigenvalue weighted by atomic mass is 16.5. The molecule has 0 aliphatic rings. The van der Waals surface area contributed by atoms with Crippen LogP contribution >= 0.6 is 0 Å². The fraction of sp³-hybridized carbons (Fsp3) is 0.200. The molecule has 0 bridgehead atoms. The van der Waals surface area contributed by atoms with Crippen LogP contribution in [0.4, 0.5) is 10.5 Å². The average Bonchev–Trinajstić information content (AvgIpc) is 2.20. The number of carboxylic acid groups (broad SMARTS) is 1. The quantitative estimate of drug-likeness (QED) is 0.779. The first kappa shape index (κ1) is 11.0. The van der Waals surface area contributed by atoms with Gasteiger partial charge in [-0.1, -0.05) is 6.07 Å². The van der Waals surface area contributed by atoms with Gasteiger partial charge in [0.1, 0.15) is 0 Å². The van der Waals surface area contributed by atoms with Crippen molar-refractivity contribution < 1.29 is 19.4 Å². The molecule has 0 saturated heterocycles. The van der Waals surface area contributed by atoms with E-state index in [9.17, 15) is 9.59 Å². The van der Waals surface area contributed by atoms with Gasteiger partial charge in [-0.15, -0.1) is 0 Å². The summed E-state index contributed by atoms with van der Waals surface area (Å²) in [7, 11) is 1.24. The second-order valence-electron chi connectivity index (χ2n) is 2.95. The van der Waals surface area contributed by atoms with Crippen LogP contribution < -0.4 is 5.32 Å². The number of amides is 1. The fourth-order valence-corrected chi connectivity index (χ4v) is 1.05. The normalized spacial score (nSPS) is 9.47. The summed E-state index contributed by atoms with van der Waals surface area (Å²) < 4.78 is 4.41. The molecule has 5 heteroatoms. The Balaban J connectivity index is 3.00. The van der Waals surface area contributed by atoms with Crippen LogP contribution in [0.1, 0.15) is 15.9 Å². The Labute approximate surface area is 86.7 Å². The minimum atomic E-state index is -1.04. The third-order valence-electron chi connectivity index (χ3n) is 1.91. The Morgan fingerprint density at radius 2 is 2.07 bits per heavy atom. The number of benzene rings is 1. The van der Waals surface area contributed by atoms with E-state index in [1.54, 1.807) is 13.0 Å². The zero-order valence-electron chi connectivity index (χ0n) is 8.40. The summed E-state index contributed by atoms with van der Waals surface area (Å²) in [6.45, 7) is 1.76. The summed E-state index contributed by atoms with van der Waals surface area (Å²) in [6, 6.07) is 4.48. The molecule has 0 heterocycles. The van der Waals surface area contributed by atoms with E-state index >= 15 is 0 Å². The van der Waals surface area contributed by atoms with E-state index in [-0.39, 0.29) is 5.56 Å². The van der Waals surface area contributed by atoms with Crippen molar-refractivity contribution in [1.82, 2.24) is 0 Å². The van der Waals surface area contributed by atoms with Crippen LogP contribution in [0.25, 0.3) is 0 Å². The van der Waals surface area contributed by atoms with Gasteiger partial charge in [0.25, 0.3) is 0 Å². The Bertz CT molecular complexity index is 400. The van der Waals surface area contributed by atoms with Crippen molar-refractivity contribution in [3.63, 3.8) is 0 Å². The maximum Gasteiger partial charge on any atom is 0.411 e. The number of hydrogen-bond donors (Lipinski definition) is 2. The molecule has 1 aromatic rings. The minimum Gasteiger partial charge on any atom is -0.478 e. The third kappa shape index (κ3) is 2.70. The summed E-state index contributed by atoms with van der Waals surface area (Å²) in [5.41, 5.74) is 1.32. The van der Waals surface area contributed by atoms with E-state index in [0.29, 0.717) is 5.69 Å². The van der Waals surface area contributed by atoms with Gasteiger partial charge < -0.3 is 9.84 Å². The van der Waals surface area contributed by atoms with Crippen LogP contribution in [-0.2, 0) is 4.74 Å².